The van der Waals surface area contributed by atoms with Gasteiger partial charge in [-0.05, 0) is 74.4 Å². The highest BCUT2D eigenvalue weighted by Crippen LogP contribution is 2.35. The van der Waals surface area contributed by atoms with Gasteiger partial charge in [-0.3, -0.25) is 4.79 Å². The van der Waals surface area contributed by atoms with Gasteiger partial charge in [0, 0.05) is 4.90 Å². The van der Waals surface area contributed by atoms with E-state index in [0.29, 0.717) is 0 Å². The Hall–Kier alpha value is -1.52. The highest BCUT2D eigenvalue weighted by atomic mass is 32.1. The van der Waals surface area contributed by atoms with Crippen molar-refractivity contribution < 1.29 is 14.3 Å². The second-order valence-electron chi connectivity index (χ2n) is 8.49. The van der Waals surface area contributed by atoms with Gasteiger partial charge in [-0.2, -0.15) is 0 Å². The lowest BCUT2D eigenvalue weighted by atomic mass is 9.91. The monoisotopic (exact) mass is 400 g/mol. The summed E-state index contributed by atoms with van der Waals surface area (Å²) < 4.78 is 12.2. The van der Waals surface area contributed by atoms with Gasteiger partial charge >= 0.3 is 5.97 Å². The van der Waals surface area contributed by atoms with Gasteiger partial charge < -0.3 is 9.47 Å². The van der Waals surface area contributed by atoms with Crippen molar-refractivity contribution in [1.82, 2.24) is 0 Å². The highest BCUT2D eigenvalue weighted by molar-refractivity contribution is 7.80. The van der Waals surface area contributed by atoms with Crippen LogP contribution in [0.1, 0.15) is 65.4 Å². The van der Waals surface area contributed by atoms with Crippen LogP contribution in [0, 0.1) is 5.92 Å². The first-order valence-electron chi connectivity index (χ1n) is 10.4. The Morgan fingerprint density at radius 3 is 2.46 bits per heavy atom. The van der Waals surface area contributed by atoms with Gasteiger partial charge in [-0.15, -0.1) is 12.6 Å². The molecule has 0 aromatic heterocycles. The fraction of sp³-hybridized carbons (Fsp3) is 0.542. The van der Waals surface area contributed by atoms with Crippen LogP contribution in [0.4, 0.5) is 0 Å². The van der Waals surface area contributed by atoms with Gasteiger partial charge in [-0.1, -0.05) is 38.1 Å². The number of ether oxygens (including phenoxy) is 2. The lowest BCUT2D eigenvalue weighted by Gasteiger charge is -2.35. The number of benzene rings is 2. The van der Waals surface area contributed by atoms with Gasteiger partial charge in [0.2, 0.25) is 0 Å². The van der Waals surface area contributed by atoms with E-state index in [4.69, 9.17) is 9.47 Å². The Bertz CT molecular complexity index is 822. The van der Waals surface area contributed by atoms with Crippen molar-refractivity contribution in [1.29, 1.82) is 0 Å². The molecule has 0 heterocycles. The zero-order valence-electron chi connectivity index (χ0n) is 17.4. The van der Waals surface area contributed by atoms with Crippen LogP contribution in [0.25, 0.3) is 10.8 Å². The largest absolute Gasteiger partial charge is 0.462 e. The van der Waals surface area contributed by atoms with Crippen LogP contribution < -0.4 is 0 Å². The van der Waals surface area contributed by atoms with Crippen molar-refractivity contribution >= 4 is 29.4 Å². The molecule has 0 amide bonds. The molecule has 0 saturated heterocycles. The maximum absolute atomic E-state index is 12.0. The summed E-state index contributed by atoms with van der Waals surface area (Å²) in [6, 6.07) is 12.6. The Morgan fingerprint density at radius 1 is 1.14 bits per heavy atom. The number of hydrogen-bond donors (Lipinski definition) is 1. The van der Waals surface area contributed by atoms with E-state index in [-0.39, 0.29) is 24.1 Å². The van der Waals surface area contributed by atoms with Crippen molar-refractivity contribution in [3.63, 3.8) is 0 Å². The van der Waals surface area contributed by atoms with Crippen molar-refractivity contribution in [3.05, 3.63) is 42.0 Å². The first-order chi connectivity index (χ1) is 13.3. The Morgan fingerprint density at radius 2 is 1.79 bits per heavy atom. The normalized spacial score (nSPS) is 21.5. The third kappa shape index (κ3) is 4.90. The van der Waals surface area contributed by atoms with E-state index in [1.807, 2.05) is 19.9 Å². The summed E-state index contributed by atoms with van der Waals surface area (Å²) in [5.41, 5.74) is 0.744. The van der Waals surface area contributed by atoms with Gasteiger partial charge in [0.15, 0.2) is 0 Å². The maximum Gasteiger partial charge on any atom is 0.308 e. The second-order valence-corrected chi connectivity index (χ2v) is 8.97. The summed E-state index contributed by atoms with van der Waals surface area (Å²) in [5.74, 6) is -0.0825. The zero-order chi connectivity index (χ0) is 20.3. The molecule has 3 rings (SSSR count). The summed E-state index contributed by atoms with van der Waals surface area (Å²) in [6.45, 7) is 8.19. The van der Waals surface area contributed by atoms with E-state index in [1.165, 1.54) is 5.39 Å². The average Bonchev–Trinajstić information content (AvgIpc) is 2.68. The number of carbonyl (C=O) groups excluding carboxylic acids is 1. The van der Waals surface area contributed by atoms with E-state index < -0.39 is 5.60 Å². The molecule has 0 spiro atoms. The van der Waals surface area contributed by atoms with Crippen molar-refractivity contribution in [3.8, 4) is 0 Å². The molecule has 1 saturated carbocycles. The molecule has 1 unspecified atom stereocenters. The molecule has 0 aliphatic heterocycles. The SMILES string of the molecule is CCC(C)C(=O)OC1CCC(OC(C)(C)c2cc(S)c3ccccc3c2)CC1. The molecule has 1 aliphatic rings. The van der Waals surface area contributed by atoms with E-state index in [2.05, 4.69) is 56.8 Å². The molecule has 0 bridgehead atoms. The third-order valence-corrected chi connectivity index (χ3v) is 6.29. The molecular formula is C24H32O3S. The Balaban J connectivity index is 1.62. The average molecular weight is 401 g/mol. The van der Waals surface area contributed by atoms with Gasteiger partial charge in [-0.25, -0.2) is 0 Å². The Kier molecular flexibility index (Phi) is 6.72. The molecule has 28 heavy (non-hydrogen) atoms. The van der Waals surface area contributed by atoms with Gasteiger partial charge in [0.1, 0.15) is 6.10 Å². The standard InChI is InChI=1S/C24H32O3S/c1-5-16(2)23(25)26-19-10-12-20(13-11-19)27-24(3,4)18-14-17-8-6-7-9-21(17)22(28)15-18/h6-9,14-16,19-20,28H,5,10-13H2,1-4H3. The fourth-order valence-electron chi connectivity index (χ4n) is 3.84. The molecule has 0 radical (unpaired) electrons. The molecule has 2 aromatic carbocycles. The molecule has 1 aliphatic carbocycles. The van der Waals surface area contributed by atoms with Crippen LogP contribution in [0.3, 0.4) is 0 Å². The first-order valence-corrected chi connectivity index (χ1v) is 10.9. The molecule has 3 nitrogen and oxygen atoms in total. The summed E-state index contributed by atoms with van der Waals surface area (Å²) in [5, 5.41) is 2.34. The quantitative estimate of drug-likeness (QED) is 0.458. The van der Waals surface area contributed by atoms with Crippen molar-refractivity contribution in [2.24, 2.45) is 5.92 Å². The molecule has 1 atom stereocenters. The maximum atomic E-state index is 12.0. The van der Waals surface area contributed by atoms with Crippen molar-refractivity contribution in [2.45, 2.75) is 82.5 Å². The minimum absolute atomic E-state index is 0.0174. The molecule has 2 aromatic rings. The number of carbonyl (C=O) groups is 1. The van der Waals surface area contributed by atoms with Crippen LogP contribution in [0.15, 0.2) is 41.3 Å². The van der Waals surface area contributed by atoms with Crippen LogP contribution in [0.2, 0.25) is 0 Å². The lowest BCUT2D eigenvalue weighted by molar-refractivity contribution is -0.159. The zero-order valence-corrected chi connectivity index (χ0v) is 18.3. The number of esters is 1. The molecule has 4 heteroatoms. The minimum atomic E-state index is -0.396. The summed E-state index contributed by atoms with van der Waals surface area (Å²) in [4.78, 5) is 13.0. The number of hydrogen-bond acceptors (Lipinski definition) is 4. The lowest BCUT2D eigenvalue weighted by Crippen LogP contribution is -2.34. The fourth-order valence-corrected chi connectivity index (χ4v) is 4.18. The smallest absolute Gasteiger partial charge is 0.308 e. The van der Waals surface area contributed by atoms with Gasteiger partial charge in [0.25, 0.3) is 0 Å². The summed E-state index contributed by atoms with van der Waals surface area (Å²) in [7, 11) is 0. The van der Waals surface area contributed by atoms with E-state index >= 15 is 0 Å². The predicted molar refractivity (Wildman–Crippen MR) is 117 cm³/mol. The number of fused-ring (bicyclic) bond motifs is 1. The third-order valence-electron chi connectivity index (χ3n) is 5.92. The number of rotatable bonds is 6. The highest BCUT2D eigenvalue weighted by Gasteiger charge is 2.31. The molecule has 0 N–H and O–H groups in total. The topological polar surface area (TPSA) is 35.5 Å². The summed E-state index contributed by atoms with van der Waals surface area (Å²) >= 11 is 4.68. The summed E-state index contributed by atoms with van der Waals surface area (Å²) in [6.07, 6.45) is 4.63. The van der Waals surface area contributed by atoms with Crippen LogP contribution >= 0.6 is 12.6 Å². The van der Waals surface area contributed by atoms with E-state index in [9.17, 15) is 4.79 Å². The van der Waals surface area contributed by atoms with Crippen LogP contribution in [-0.2, 0) is 19.9 Å². The molecule has 1 fully saturated rings. The van der Waals surface area contributed by atoms with Crippen LogP contribution in [0.5, 0.6) is 0 Å². The minimum Gasteiger partial charge on any atom is -0.462 e. The van der Waals surface area contributed by atoms with Gasteiger partial charge in [0.05, 0.1) is 17.6 Å². The number of thiol groups is 1. The Labute approximate surface area is 174 Å². The first kappa shape index (κ1) is 21.2. The second kappa shape index (κ2) is 8.87. The van der Waals surface area contributed by atoms with Crippen LogP contribution in [-0.4, -0.2) is 18.2 Å². The molecular weight excluding hydrogens is 368 g/mol. The van der Waals surface area contributed by atoms with Crippen molar-refractivity contribution in [2.75, 3.05) is 0 Å². The van der Waals surface area contributed by atoms with E-state index in [0.717, 1.165) is 47.9 Å². The predicted octanol–water partition coefficient (Wildman–Crippen LogP) is 6.28. The molecule has 152 valence electrons. The van der Waals surface area contributed by atoms with E-state index in [1.54, 1.807) is 0 Å².